The molecule has 2 rings (SSSR count). The normalized spacial score (nSPS) is 34.2. The van der Waals surface area contributed by atoms with Gasteiger partial charge in [0.2, 0.25) is 0 Å². The summed E-state index contributed by atoms with van der Waals surface area (Å²) in [5.41, 5.74) is 0.366. The van der Waals surface area contributed by atoms with Crippen molar-refractivity contribution in [2.75, 3.05) is 19.6 Å². The van der Waals surface area contributed by atoms with Crippen LogP contribution in [0.4, 0.5) is 0 Å². The van der Waals surface area contributed by atoms with Crippen molar-refractivity contribution < 1.29 is 0 Å². The third kappa shape index (κ3) is 3.98. The maximum atomic E-state index is 3.79. The molecule has 2 aliphatic rings. The highest BCUT2D eigenvalue weighted by Gasteiger charge is 2.35. The van der Waals surface area contributed by atoms with E-state index in [1.807, 2.05) is 0 Å². The predicted molar refractivity (Wildman–Crippen MR) is 88.0 cm³/mol. The van der Waals surface area contributed by atoms with Gasteiger partial charge in [0, 0.05) is 18.6 Å². The van der Waals surface area contributed by atoms with Crippen molar-refractivity contribution in [2.45, 2.75) is 78.8 Å². The first kappa shape index (κ1) is 16.3. The number of nitrogens with one attached hydrogen (secondary N) is 1. The molecule has 0 spiro atoms. The minimum absolute atomic E-state index is 0.366. The SMILES string of the molecule is CC(C)C1CCCCC1N1CCCNC(C(C)(C)C)C1. The molecule has 1 aliphatic carbocycles. The molecule has 0 aromatic heterocycles. The van der Waals surface area contributed by atoms with Crippen LogP contribution in [0.1, 0.15) is 66.7 Å². The molecular weight excluding hydrogens is 244 g/mol. The smallest absolute Gasteiger partial charge is 0.0243 e. The minimum atomic E-state index is 0.366. The summed E-state index contributed by atoms with van der Waals surface area (Å²) in [5.74, 6) is 1.76. The quantitative estimate of drug-likeness (QED) is 0.825. The lowest BCUT2D eigenvalue weighted by atomic mass is 9.76. The fourth-order valence-electron chi connectivity index (χ4n) is 4.20. The Hall–Kier alpha value is -0.0800. The topological polar surface area (TPSA) is 15.3 Å². The molecule has 2 fully saturated rings. The average Bonchev–Trinajstić information content (AvgIpc) is 2.64. The molecule has 1 heterocycles. The van der Waals surface area contributed by atoms with Crippen LogP contribution in [0, 0.1) is 17.3 Å². The second-order valence-corrected chi connectivity index (χ2v) is 8.48. The number of nitrogens with zero attached hydrogens (tertiary/aromatic N) is 1. The highest BCUT2D eigenvalue weighted by atomic mass is 15.2. The molecule has 1 N–H and O–H groups in total. The van der Waals surface area contributed by atoms with E-state index in [-0.39, 0.29) is 0 Å². The van der Waals surface area contributed by atoms with Crippen LogP contribution in [0.2, 0.25) is 0 Å². The van der Waals surface area contributed by atoms with E-state index in [1.165, 1.54) is 51.7 Å². The lowest BCUT2D eigenvalue weighted by molar-refractivity contribution is 0.0657. The summed E-state index contributed by atoms with van der Waals surface area (Å²) in [6.07, 6.45) is 7.09. The molecule has 0 amide bonds. The summed E-state index contributed by atoms with van der Waals surface area (Å²) in [6, 6.07) is 1.48. The van der Waals surface area contributed by atoms with E-state index in [1.54, 1.807) is 0 Å². The van der Waals surface area contributed by atoms with Gasteiger partial charge in [-0.25, -0.2) is 0 Å². The highest BCUT2D eigenvalue weighted by molar-refractivity contribution is 4.91. The second-order valence-electron chi connectivity index (χ2n) is 8.48. The van der Waals surface area contributed by atoms with E-state index < -0.39 is 0 Å². The maximum Gasteiger partial charge on any atom is 0.0243 e. The van der Waals surface area contributed by atoms with Gasteiger partial charge in [0.1, 0.15) is 0 Å². The fraction of sp³-hybridized carbons (Fsp3) is 1.00. The third-order valence-electron chi connectivity index (χ3n) is 5.58. The van der Waals surface area contributed by atoms with Gasteiger partial charge >= 0.3 is 0 Å². The van der Waals surface area contributed by atoms with Gasteiger partial charge in [0.05, 0.1) is 0 Å². The molecule has 1 saturated carbocycles. The van der Waals surface area contributed by atoms with Gasteiger partial charge in [-0.2, -0.15) is 0 Å². The fourth-order valence-corrected chi connectivity index (χ4v) is 4.20. The molecule has 2 nitrogen and oxygen atoms in total. The van der Waals surface area contributed by atoms with Gasteiger partial charge in [0.15, 0.2) is 0 Å². The van der Waals surface area contributed by atoms with Crippen molar-refractivity contribution in [1.82, 2.24) is 10.2 Å². The summed E-state index contributed by atoms with van der Waals surface area (Å²) in [6.45, 7) is 15.8. The predicted octanol–water partition coefficient (Wildman–Crippen LogP) is 3.91. The maximum absolute atomic E-state index is 3.79. The Bertz CT molecular complexity index is 292. The van der Waals surface area contributed by atoms with Crippen LogP contribution >= 0.6 is 0 Å². The van der Waals surface area contributed by atoms with Gasteiger partial charge in [-0.05, 0) is 49.6 Å². The van der Waals surface area contributed by atoms with Crippen LogP contribution in [-0.2, 0) is 0 Å². The summed E-state index contributed by atoms with van der Waals surface area (Å²) < 4.78 is 0. The van der Waals surface area contributed by atoms with Gasteiger partial charge in [-0.15, -0.1) is 0 Å². The molecule has 1 saturated heterocycles. The Morgan fingerprint density at radius 2 is 1.75 bits per heavy atom. The lowest BCUT2D eigenvalue weighted by Gasteiger charge is -2.44. The van der Waals surface area contributed by atoms with Crippen molar-refractivity contribution >= 4 is 0 Å². The zero-order valence-corrected chi connectivity index (χ0v) is 14.4. The number of hydrogen-bond acceptors (Lipinski definition) is 2. The molecular formula is C18H36N2. The Labute approximate surface area is 126 Å². The van der Waals surface area contributed by atoms with Crippen molar-refractivity contribution in [2.24, 2.45) is 17.3 Å². The number of hydrogen-bond donors (Lipinski definition) is 1. The molecule has 1 aliphatic heterocycles. The van der Waals surface area contributed by atoms with Gasteiger partial charge in [-0.1, -0.05) is 47.5 Å². The van der Waals surface area contributed by atoms with E-state index >= 15 is 0 Å². The third-order valence-corrected chi connectivity index (χ3v) is 5.58. The van der Waals surface area contributed by atoms with E-state index in [0.717, 1.165) is 17.9 Å². The van der Waals surface area contributed by atoms with Gasteiger partial charge in [-0.3, -0.25) is 4.90 Å². The monoisotopic (exact) mass is 280 g/mol. The van der Waals surface area contributed by atoms with Gasteiger partial charge in [0.25, 0.3) is 0 Å². The van der Waals surface area contributed by atoms with E-state index in [4.69, 9.17) is 0 Å². The summed E-state index contributed by atoms with van der Waals surface area (Å²) in [5, 5.41) is 3.79. The van der Waals surface area contributed by atoms with Crippen LogP contribution in [0.25, 0.3) is 0 Å². The first-order valence-electron chi connectivity index (χ1n) is 8.87. The summed E-state index contributed by atoms with van der Waals surface area (Å²) in [7, 11) is 0. The minimum Gasteiger partial charge on any atom is -0.312 e. The Morgan fingerprint density at radius 1 is 1.05 bits per heavy atom. The zero-order chi connectivity index (χ0) is 14.8. The lowest BCUT2D eigenvalue weighted by Crippen LogP contribution is -2.51. The highest BCUT2D eigenvalue weighted by Crippen LogP contribution is 2.35. The molecule has 2 heteroatoms. The molecule has 0 bridgehead atoms. The molecule has 0 aromatic rings. The van der Waals surface area contributed by atoms with Crippen LogP contribution in [0.15, 0.2) is 0 Å². The van der Waals surface area contributed by atoms with Crippen molar-refractivity contribution in [3.8, 4) is 0 Å². The Balaban J connectivity index is 2.08. The molecule has 3 unspecified atom stereocenters. The molecule has 0 aromatic carbocycles. The largest absolute Gasteiger partial charge is 0.312 e. The Kier molecular flexibility index (Phi) is 5.53. The van der Waals surface area contributed by atoms with E-state index in [0.29, 0.717) is 11.5 Å². The molecule has 20 heavy (non-hydrogen) atoms. The Morgan fingerprint density at radius 3 is 2.40 bits per heavy atom. The van der Waals surface area contributed by atoms with Crippen LogP contribution in [0.3, 0.4) is 0 Å². The molecule has 0 radical (unpaired) electrons. The van der Waals surface area contributed by atoms with Crippen LogP contribution in [-0.4, -0.2) is 36.6 Å². The standard InChI is InChI=1S/C18H36N2/c1-14(2)15-9-6-7-10-16(15)20-12-8-11-19-17(13-20)18(3,4)5/h14-17,19H,6-13H2,1-5H3. The average molecular weight is 280 g/mol. The van der Waals surface area contributed by atoms with Crippen molar-refractivity contribution in [3.05, 3.63) is 0 Å². The summed E-state index contributed by atoms with van der Waals surface area (Å²) >= 11 is 0. The van der Waals surface area contributed by atoms with Crippen LogP contribution < -0.4 is 5.32 Å². The molecule has 118 valence electrons. The van der Waals surface area contributed by atoms with Crippen molar-refractivity contribution in [1.29, 1.82) is 0 Å². The van der Waals surface area contributed by atoms with Crippen LogP contribution in [0.5, 0.6) is 0 Å². The van der Waals surface area contributed by atoms with E-state index in [2.05, 4.69) is 44.8 Å². The number of rotatable bonds is 2. The first-order chi connectivity index (χ1) is 9.39. The van der Waals surface area contributed by atoms with Crippen molar-refractivity contribution in [3.63, 3.8) is 0 Å². The summed E-state index contributed by atoms with van der Waals surface area (Å²) in [4.78, 5) is 2.85. The second kappa shape index (κ2) is 6.79. The first-order valence-corrected chi connectivity index (χ1v) is 8.87. The molecule has 3 atom stereocenters. The van der Waals surface area contributed by atoms with E-state index in [9.17, 15) is 0 Å². The zero-order valence-electron chi connectivity index (χ0n) is 14.4. The van der Waals surface area contributed by atoms with Gasteiger partial charge < -0.3 is 5.32 Å².